The van der Waals surface area contributed by atoms with Crippen LogP contribution in [0.1, 0.15) is 28.7 Å². The molecule has 2 atom stereocenters. The van der Waals surface area contributed by atoms with Crippen LogP contribution in [0.5, 0.6) is 0 Å². The molecule has 4 nitrogen and oxygen atoms in total. The van der Waals surface area contributed by atoms with Crippen molar-refractivity contribution in [1.29, 1.82) is 0 Å². The molecule has 4 rings (SSSR count). The number of aliphatic hydroxyl groups is 1. The first-order chi connectivity index (χ1) is 18.2. The minimum absolute atomic E-state index is 0.127. The van der Waals surface area contributed by atoms with E-state index in [1.54, 1.807) is 0 Å². The summed E-state index contributed by atoms with van der Waals surface area (Å²) in [5.41, 5.74) is 4.87. The molecule has 0 aliphatic heterocycles. The zero-order valence-corrected chi connectivity index (χ0v) is 21.2. The highest BCUT2D eigenvalue weighted by molar-refractivity contribution is 5.50. The highest BCUT2D eigenvalue weighted by Gasteiger charge is 2.20. The van der Waals surface area contributed by atoms with Gasteiger partial charge < -0.3 is 19.4 Å². The Labute approximate surface area is 220 Å². The lowest BCUT2D eigenvalue weighted by molar-refractivity contribution is -0.117. The van der Waals surface area contributed by atoms with Gasteiger partial charge in [0.15, 0.2) is 0 Å². The van der Waals surface area contributed by atoms with E-state index in [1.807, 2.05) is 60.7 Å². The second-order valence-corrected chi connectivity index (χ2v) is 8.78. The minimum Gasteiger partial charge on any atom is -0.388 e. The van der Waals surface area contributed by atoms with Crippen LogP contribution in [0, 0.1) is 0 Å². The van der Waals surface area contributed by atoms with E-state index >= 15 is 0 Å². The van der Waals surface area contributed by atoms with Crippen LogP contribution in [0.15, 0.2) is 121 Å². The lowest BCUT2D eigenvalue weighted by atomic mass is 10.0. The second kappa shape index (κ2) is 17.0. The predicted molar refractivity (Wildman–Crippen MR) is 148 cm³/mol. The van der Waals surface area contributed by atoms with Crippen molar-refractivity contribution in [3.8, 4) is 0 Å². The van der Waals surface area contributed by atoms with Crippen LogP contribution in [0.3, 0.4) is 0 Å². The Balaban J connectivity index is 0.000000231. The molecule has 0 spiro atoms. The molecule has 0 aliphatic carbocycles. The lowest BCUT2D eigenvalue weighted by Gasteiger charge is -2.21. The molecule has 0 aromatic heterocycles. The van der Waals surface area contributed by atoms with E-state index in [2.05, 4.69) is 60.7 Å². The van der Waals surface area contributed by atoms with E-state index < -0.39 is 12.2 Å². The van der Waals surface area contributed by atoms with Crippen LogP contribution in [-0.2, 0) is 40.3 Å². The monoisotopic (exact) mass is 496 g/mol. The number of benzene rings is 4. The number of aliphatic hydroxyl groups excluding tert-OH is 1. The van der Waals surface area contributed by atoms with Gasteiger partial charge in [-0.1, -0.05) is 121 Å². The highest BCUT2D eigenvalue weighted by Crippen LogP contribution is 2.11. The number of aryl methyl sites for hydroxylation is 2. The molecule has 192 valence electrons. The summed E-state index contributed by atoms with van der Waals surface area (Å²) in [5, 5.41) is 10.2. The summed E-state index contributed by atoms with van der Waals surface area (Å²) in [6.45, 7) is 0.904. The van der Waals surface area contributed by atoms with Crippen molar-refractivity contribution in [2.45, 2.75) is 44.7 Å². The van der Waals surface area contributed by atoms with Gasteiger partial charge in [0.2, 0.25) is 0 Å². The van der Waals surface area contributed by atoms with E-state index in [-0.39, 0.29) is 13.0 Å². The third-order valence-corrected chi connectivity index (χ3v) is 5.85. The Morgan fingerprint density at radius 2 is 1.00 bits per heavy atom. The quantitative estimate of drug-likeness (QED) is 0.224. The Morgan fingerprint density at radius 1 is 0.595 bits per heavy atom. The Hall–Kier alpha value is -3.57. The van der Waals surface area contributed by atoms with Gasteiger partial charge >= 0.3 is 0 Å². The Morgan fingerprint density at radius 3 is 1.43 bits per heavy atom. The zero-order valence-electron chi connectivity index (χ0n) is 21.2. The van der Waals surface area contributed by atoms with Gasteiger partial charge in [0, 0.05) is 6.42 Å². The second-order valence-electron chi connectivity index (χ2n) is 8.78. The van der Waals surface area contributed by atoms with E-state index in [1.165, 1.54) is 11.1 Å². The molecular formula is C33H36O4. The smallest absolute Gasteiger partial charge is 0.122 e. The first-order valence-electron chi connectivity index (χ1n) is 12.7. The molecule has 0 heterocycles. The van der Waals surface area contributed by atoms with Gasteiger partial charge in [0.25, 0.3) is 0 Å². The van der Waals surface area contributed by atoms with E-state index in [4.69, 9.17) is 9.47 Å². The summed E-state index contributed by atoms with van der Waals surface area (Å²) in [7, 11) is 0. The Kier molecular flexibility index (Phi) is 12.9. The molecule has 0 amide bonds. The molecule has 0 aliphatic rings. The maximum atomic E-state index is 10.8. The number of hydrogen-bond acceptors (Lipinski definition) is 4. The molecule has 0 saturated carbocycles. The molecule has 0 saturated heterocycles. The molecular weight excluding hydrogens is 460 g/mol. The molecule has 0 fully saturated rings. The van der Waals surface area contributed by atoms with E-state index in [0.717, 1.165) is 30.3 Å². The van der Waals surface area contributed by atoms with Gasteiger partial charge in [0.05, 0.1) is 25.9 Å². The van der Waals surface area contributed by atoms with Crippen molar-refractivity contribution in [1.82, 2.24) is 0 Å². The average Bonchev–Trinajstić information content (AvgIpc) is 2.97. The number of carbonyl (C=O) groups excluding carboxylic acids is 1. The lowest BCUT2D eigenvalue weighted by Crippen LogP contribution is -2.33. The number of aldehydes is 1. The fourth-order valence-electron chi connectivity index (χ4n) is 3.77. The van der Waals surface area contributed by atoms with E-state index in [0.29, 0.717) is 13.2 Å². The van der Waals surface area contributed by atoms with Crippen LogP contribution < -0.4 is 0 Å². The summed E-state index contributed by atoms with van der Waals surface area (Å²) >= 11 is 0. The molecule has 4 aromatic carbocycles. The van der Waals surface area contributed by atoms with Crippen LogP contribution in [0.2, 0.25) is 0 Å². The molecule has 0 bridgehead atoms. The summed E-state index contributed by atoms with van der Waals surface area (Å²) in [6, 6.07) is 40.6. The molecule has 0 radical (unpaired) electrons. The van der Waals surface area contributed by atoms with Gasteiger partial charge in [-0.3, -0.25) is 0 Å². The van der Waals surface area contributed by atoms with Crippen LogP contribution in [0.25, 0.3) is 0 Å². The van der Waals surface area contributed by atoms with Crippen molar-refractivity contribution in [3.63, 3.8) is 0 Å². The fourth-order valence-corrected chi connectivity index (χ4v) is 3.77. The van der Waals surface area contributed by atoms with Crippen molar-refractivity contribution in [2.75, 3.05) is 6.61 Å². The third kappa shape index (κ3) is 11.4. The minimum atomic E-state index is -0.840. The standard InChI is InChI=1S/C19H22O4.C14H14/c20-12-11-19(23-14-17-9-5-2-6-10-17)18(21)15-22-13-16-7-3-1-4-8-16;1-3-7-13(8-4-1)11-12-14-9-5-2-6-10-14/h1-10,12,18-19,21H,11,13-15H2;1-10H,11-12H2/t18-,19+;/m1./s1. The third-order valence-electron chi connectivity index (χ3n) is 5.85. The summed E-state index contributed by atoms with van der Waals surface area (Å²) in [4.78, 5) is 10.8. The summed E-state index contributed by atoms with van der Waals surface area (Å²) in [5.74, 6) is 0. The van der Waals surface area contributed by atoms with E-state index in [9.17, 15) is 9.90 Å². The molecule has 37 heavy (non-hydrogen) atoms. The van der Waals surface area contributed by atoms with Gasteiger partial charge in [-0.2, -0.15) is 0 Å². The van der Waals surface area contributed by atoms with Crippen molar-refractivity contribution in [3.05, 3.63) is 144 Å². The zero-order chi connectivity index (χ0) is 26.0. The largest absolute Gasteiger partial charge is 0.388 e. The number of ether oxygens (including phenoxy) is 2. The number of carbonyl (C=O) groups is 1. The number of rotatable bonds is 13. The van der Waals surface area contributed by atoms with Gasteiger partial charge in [-0.05, 0) is 35.1 Å². The van der Waals surface area contributed by atoms with Gasteiger partial charge in [-0.15, -0.1) is 0 Å². The maximum absolute atomic E-state index is 10.8. The topological polar surface area (TPSA) is 55.8 Å². The van der Waals surface area contributed by atoms with Gasteiger partial charge in [0.1, 0.15) is 12.4 Å². The van der Waals surface area contributed by atoms with Crippen molar-refractivity contribution < 1.29 is 19.4 Å². The van der Waals surface area contributed by atoms with Crippen LogP contribution in [-0.4, -0.2) is 30.2 Å². The first-order valence-corrected chi connectivity index (χ1v) is 12.7. The average molecular weight is 497 g/mol. The van der Waals surface area contributed by atoms with Crippen LogP contribution in [0.4, 0.5) is 0 Å². The maximum Gasteiger partial charge on any atom is 0.122 e. The van der Waals surface area contributed by atoms with Crippen molar-refractivity contribution in [2.24, 2.45) is 0 Å². The predicted octanol–water partition coefficient (Wildman–Crippen LogP) is 6.21. The Bertz CT molecular complexity index is 1060. The molecule has 0 unspecified atom stereocenters. The molecule has 1 N–H and O–H groups in total. The molecule has 4 aromatic rings. The fraction of sp³-hybridized carbons (Fsp3) is 0.242. The summed E-state index contributed by atoms with van der Waals surface area (Å²) < 4.78 is 11.2. The highest BCUT2D eigenvalue weighted by atomic mass is 16.5. The van der Waals surface area contributed by atoms with Crippen LogP contribution >= 0.6 is 0 Å². The van der Waals surface area contributed by atoms with Gasteiger partial charge in [-0.25, -0.2) is 0 Å². The number of hydrogen-bond donors (Lipinski definition) is 1. The first kappa shape index (κ1) is 28.0. The van der Waals surface area contributed by atoms with Crippen molar-refractivity contribution >= 4 is 6.29 Å². The SMILES string of the molecule is O=CC[C@H](OCc1ccccc1)[C@H](O)COCc1ccccc1.c1ccc(CCc2ccccc2)cc1. The summed E-state index contributed by atoms with van der Waals surface area (Å²) in [6.07, 6.45) is 1.75. The molecule has 4 heteroatoms. The normalized spacial score (nSPS) is 12.1.